The third-order valence-electron chi connectivity index (χ3n) is 3.05. The van der Waals surface area contributed by atoms with Crippen LogP contribution in [0.5, 0.6) is 0 Å². The Morgan fingerprint density at radius 1 is 1.26 bits per heavy atom. The molecule has 0 aliphatic carbocycles. The summed E-state index contributed by atoms with van der Waals surface area (Å²) in [7, 11) is 3.85. The molecule has 0 atom stereocenters. The van der Waals surface area contributed by atoms with Crippen LogP contribution >= 0.6 is 0 Å². The Bertz CT molecular complexity index is 585. The van der Waals surface area contributed by atoms with E-state index in [0.717, 1.165) is 23.4 Å². The minimum Gasteiger partial charge on any atom is -0.439 e. The van der Waals surface area contributed by atoms with Crippen molar-refractivity contribution < 1.29 is 4.42 Å². The van der Waals surface area contributed by atoms with Crippen LogP contribution in [0.25, 0.3) is 11.3 Å². The number of nitrogens with two attached hydrogens (primary N) is 1. The molecule has 3 N–H and O–H groups in total. The molecule has 0 saturated heterocycles. The van der Waals surface area contributed by atoms with Gasteiger partial charge in [0, 0.05) is 25.2 Å². The number of hydrogen-bond donors (Lipinski definition) is 2. The molecule has 0 aliphatic heterocycles. The monoisotopic (exact) mass is 257 g/mol. The third kappa shape index (κ3) is 2.34. The fraction of sp³-hybridized carbons (Fsp3) is 0.267. The van der Waals surface area contributed by atoms with E-state index in [1.807, 2.05) is 56.3 Å². The molecule has 100 valence electrons. The number of nitrogens with zero attached hydrogens (tertiary/aromatic N) is 1. The molecule has 0 saturated carbocycles. The van der Waals surface area contributed by atoms with E-state index in [0.29, 0.717) is 11.3 Å². The molecule has 1 heterocycles. The topological polar surface area (TPSA) is 66.2 Å². The first-order valence-corrected chi connectivity index (χ1v) is 6.29. The second kappa shape index (κ2) is 5.18. The van der Waals surface area contributed by atoms with Gasteiger partial charge in [-0.2, -0.15) is 0 Å². The van der Waals surface area contributed by atoms with E-state index in [1.165, 1.54) is 0 Å². The number of anilines is 1. The molecule has 0 aliphatic rings. The lowest BCUT2D eigenvalue weighted by atomic mass is 10.0. The third-order valence-corrected chi connectivity index (χ3v) is 3.05. The van der Waals surface area contributed by atoms with E-state index in [2.05, 4.69) is 0 Å². The molecule has 4 nitrogen and oxygen atoms in total. The molecule has 2 aromatic rings. The number of nitrogen functional groups attached to an aromatic ring is 1. The predicted octanol–water partition coefficient (Wildman–Crippen LogP) is 2.86. The van der Waals surface area contributed by atoms with Crippen LogP contribution in [0.1, 0.15) is 18.1 Å². The Morgan fingerprint density at radius 2 is 1.89 bits per heavy atom. The number of rotatable bonds is 4. The molecule has 0 bridgehead atoms. The smallest absolute Gasteiger partial charge is 0.199 e. The van der Waals surface area contributed by atoms with Crippen LogP contribution in [0.3, 0.4) is 0 Å². The molecule has 1 aromatic heterocycles. The first-order chi connectivity index (χ1) is 9.06. The van der Waals surface area contributed by atoms with Gasteiger partial charge in [0.2, 0.25) is 0 Å². The molecule has 0 fully saturated rings. The lowest BCUT2D eigenvalue weighted by Crippen LogP contribution is -2.15. The largest absolute Gasteiger partial charge is 0.439 e. The van der Waals surface area contributed by atoms with Gasteiger partial charge in [0.15, 0.2) is 5.88 Å². The van der Waals surface area contributed by atoms with Crippen molar-refractivity contribution in [1.82, 2.24) is 0 Å². The van der Waals surface area contributed by atoms with Crippen molar-refractivity contribution in [3.05, 3.63) is 41.5 Å². The standard InChI is InChI=1S/C15H19N3O/c1-4-11-12(14(16)17)13(19-15(11)18(2)3)10-8-6-5-7-9-10/h5-9H,4H2,1-3H3,(H3,16,17). The molecule has 4 heteroatoms. The molecule has 19 heavy (non-hydrogen) atoms. The lowest BCUT2D eigenvalue weighted by molar-refractivity contribution is 0.575. The van der Waals surface area contributed by atoms with Crippen molar-refractivity contribution in [2.45, 2.75) is 13.3 Å². The normalized spacial score (nSPS) is 10.5. The van der Waals surface area contributed by atoms with E-state index >= 15 is 0 Å². The maximum absolute atomic E-state index is 7.82. The Morgan fingerprint density at radius 3 is 2.37 bits per heavy atom. The van der Waals surface area contributed by atoms with Crippen molar-refractivity contribution in [3.63, 3.8) is 0 Å². The highest BCUT2D eigenvalue weighted by Crippen LogP contribution is 2.36. The maximum atomic E-state index is 7.82. The summed E-state index contributed by atoms with van der Waals surface area (Å²) in [5, 5.41) is 7.82. The van der Waals surface area contributed by atoms with Crippen molar-refractivity contribution in [2.24, 2.45) is 5.73 Å². The van der Waals surface area contributed by atoms with Crippen LogP contribution in [0.4, 0.5) is 5.88 Å². The zero-order chi connectivity index (χ0) is 14.0. The van der Waals surface area contributed by atoms with Crippen molar-refractivity contribution in [2.75, 3.05) is 19.0 Å². The molecule has 0 spiro atoms. The van der Waals surface area contributed by atoms with E-state index in [-0.39, 0.29) is 5.84 Å². The van der Waals surface area contributed by atoms with Crippen molar-refractivity contribution >= 4 is 11.7 Å². The van der Waals surface area contributed by atoms with Gasteiger partial charge in [0.05, 0.1) is 5.56 Å². The summed E-state index contributed by atoms with van der Waals surface area (Å²) in [4.78, 5) is 1.91. The summed E-state index contributed by atoms with van der Waals surface area (Å²) in [5.41, 5.74) is 8.38. The fourth-order valence-corrected chi connectivity index (χ4v) is 2.22. The molecule has 0 amide bonds. The number of hydrogen-bond acceptors (Lipinski definition) is 3. The van der Waals surface area contributed by atoms with Crippen molar-refractivity contribution in [1.29, 1.82) is 5.41 Å². The van der Waals surface area contributed by atoms with Crippen LogP contribution in [-0.2, 0) is 6.42 Å². The minimum atomic E-state index is 0.0487. The van der Waals surface area contributed by atoms with Gasteiger partial charge in [-0.25, -0.2) is 0 Å². The zero-order valence-corrected chi connectivity index (χ0v) is 11.5. The Balaban J connectivity index is 2.70. The van der Waals surface area contributed by atoms with Gasteiger partial charge in [-0.3, -0.25) is 5.41 Å². The Labute approximate surface area is 113 Å². The number of benzene rings is 1. The Kier molecular flexibility index (Phi) is 3.60. The van der Waals surface area contributed by atoms with Gasteiger partial charge in [-0.05, 0) is 6.42 Å². The van der Waals surface area contributed by atoms with E-state index in [1.54, 1.807) is 0 Å². The first-order valence-electron chi connectivity index (χ1n) is 6.29. The quantitative estimate of drug-likeness (QED) is 0.653. The summed E-state index contributed by atoms with van der Waals surface area (Å²) in [6.07, 6.45) is 0.777. The summed E-state index contributed by atoms with van der Waals surface area (Å²) in [6.45, 7) is 2.04. The van der Waals surface area contributed by atoms with Crippen LogP contribution in [0, 0.1) is 5.41 Å². The highest BCUT2D eigenvalue weighted by atomic mass is 16.4. The minimum absolute atomic E-state index is 0.0487. The van der Waals surface area contributed by atoms with Crippen molar-refractivity contribution in [3.8, 4) is 11.3 Å². The average molecular weight is 257 g/mol. The van der Waals surface area contributed by atoms with Gasteiger partial charge in [0.1, 0.15) is 11.6 Å². The van der Waals surface area contributed by atoms with E-state index < -0.39 is 0 Å². The molecule has 1 aromatic carbocycles. The summed E-state index contributed by atoms with van der Waals surface area (Å²) >= 11 is 0. The summed E-state index contributed by atoms with van der Waals surface area (Å²) in [6, 6.07) is 9.77. The lowest BCUT2D eigenvalue weighted by Gasteiger charge is -2.10. The maximum Gasteiger partial charge on any atom is 0.199 e. The summed E-state index contributed by atoms with van der Waals surface area (Å²) in [5.74, 6) is 1.49. The Hall–Kier alpha value is -2.23. The van der Waals surface area contributed by atoms with Gasteiger partial charge in [-0.1, -0.05) is 37.3 Å². The first kappa shape index (κ1) is 13.2. The second-order valence-electron chi connectivity index (χ2n) is 4.62. The molecule has 0 unspecified atom stereocenters. The number of amidine groups is 1. The zero-order valence-electron chi connectivity index (χ0n) is 11.5. The van der Waals surface area contributed by atoms with Crippen LogP contribution in [0.15, 0.2) is 34.7 Å². The van der Waals surface area contributed by atoms with Crippen LogP contribution < -0.4 is 10.6 Å². The fourth-order valence-electron chi connectivity index (χ4n) is 2.22. The highest BCUT2D eigenvalue weighted by Gasteiger charge is 2.23. The molecule has 0 radical (unpaired) electrons. The highest BCUT2D eigenvalue weighted by molar-refractivity contribution is 6.03. The van der Waals surface area contributed by atoms with Crippen LogP contribution in [-0.4, -0.2) is 19.9 Å². The molecule has 2 rings (SSSR count). The number of furan rings is 1. The van der Waals surface area contributed by atoms with Gasteiger partial charge < -0.3 is 15.1 Å². The summed E-state index contributed by atoms with van der Waals surface area (Å²) < 4.78 is 5.95. The van der Waals surface area contributed by atoms with Crippen LogP contribution in [0.2, 0.25) is 0 Å². The van der Waals surface area contributed by atoms with Gasteiger partial charge in [-0.15, -0.1) is 0 Å². The SMILES string of the molecule is CCc1c(N(C)C)oc(-c2ccccc2)c1C(=N)N. The van der Waals surface area contributed by atoms with Gasteiger partial charge >= 0.3 is 0 Å². The predicted molar refractivity (Wildman–Crippen MR) is 78.9 cm³/mol. The van der Waals surface area contributed by atoms with E-state index in [9.17, 15) is 0 Å². The molecular formula is C15H19N3O. The molecular weight excluding hydrogens is 238 g/mol. The second-order valence-corrected chi connectivity index (χ2v) is 4.62. The number of nitrogens with one attached hydrogen (secondary N) is 1. The van der Waals surface area contributed by atoms with Gasteiger partial charge in [0.25, 0.3) is 0 Å². The van der Waals surface area contributed by atoms with E-state index in [4.69, 9.17) is 15.6 Å². The average Bonchev–Trinajstić information content (AvgIpc) is 2.79.